The van der Waals surface area contributed by atoms with Crippen LogP contribution in [0.5, 0.6) is 0 Å². The van der Waals surface area contributed by atoms with Gasteiger partial charge in [0.25, 0.3) is 5.91 Å². The van der Waals surface area contributed by atoms with Crippen LogP contribution in [-0.2, 0) is 23.9 Å². The van der Waals surface area contributed by atoms with Crippen LogP contribution in [0.4, 0.5) is 0 Å². The zero-order chi connectivity index (χ0) is 20.6. The Hall–Kier alpha value is -2.34. The molecule has 0 saturated carbocycles. The lowest BCUT2D eigenvalue weighted by Gasteiger charge is -2.49. The zero-order valence-electron chi connectivity index (χ0n) is 14.9. The number of nitrogens with one attached hydrogen (secondary N) is 1. The largest absolute Gasteiger partial charge is 0.477 e. The first kappa shape index (κ1) is 20.4. The van der Waals surface area contributed by atoms with E-state index in [-0.39, 0.29) is 18.1 Å². The van der Waals surface area contributed by atoms with Crippen molar-refractivity contribution in [3.63, 3.8) is 0 Å². The molecule has 1 aromatic heterocycles. The molecular weight excluding hydrogens is 456 g/mol. The third-order valence-corrected chi connectivity index (χ3v) is 6.09. The van der Waals surface area contributed by atoms with E-state index in [2.05, 4.69) is 26.3 Å². The number of fused-ring (bicyclic) bond motifs is 1. The Morgan fingerprint density at radius 2 is 2.21 bits per heavy atom. The molecule has 0 aromatic carbocycles. The molecule has 1 aromatic rings. The Balaban J connectivity index is 1.72. The number of esters is 1. The van der Waals surface area contributed by atoms with Crippen LogP contribution in [0.15, 0.2) is 28.1 Å². The highest BCUT2D eigenvalue weighted by Crippen LogP contribution is 2.40. The summed E-state index contributed by atoms with van der Waals surface area (Å²) in [7, 11) is 0. The predicted octanol–water partition coefficient (Wildman–Crippen LogP) is 0.508. The number of β-lactam (4-membered cyclic amide) rings is 1. The molecule has 3 rings (SSSR count). The first-order chi connectivity index (χ1) is 13.2. The molecule has 3 unspecified atom stereocenters. The molecule has 2 aliphatic rings. The Kier molecular flexibility index (Phi) is 5.79. The van der Waals surface area contributed by atoms with Crippen molar-refractivity contribution < 1.29 is 29.0 Å². The fourth-order valence-electron chi connectivity index (χ4n) is 2.90. The lowest BCUT2D eigenvalue weighted by molar-refractivity contribution is -0.151. The van der Waals surface area contributed by atoms with Crippen LogP contribution in [-0.4, -0.2) is 67.3 Å². The molecule has 0 radical (unpaired) electrons. The highest BCUT2D eigenvalue weighted by molar-refractivity contribution is 9.10. The standard InChI is InChI=1S/C16H17BrN4O6S/c1-7(20-4-10(17)3-18-20)13(23)19-11-14(24)21-12(16(25)26)9(5-27-8(2)22)6-28-15(11)21/h3-4,7,11,15H,5-6H2,1-2H3,(H,19,23)(H,25,26). The Bertz CT molecular complexity index is 884. The number of carbonyl (C=O) groups is 4. The summed E-state index contributed by atoms with van der Waals surface area (Å²) in [4.78, 5) is 48.8. The minimum absolute atomic E-state index is 0.190. The van der Waals surface area contributed by atoms with Crippen molar-refractivity contribution in [2.45, 2.75) is 31.3 Å². The highest BCUT2D eigenvalue weighted by Gasteiger charge is 2.54. The van der Waals surface area contributed by atoms with Crippen LogP contribution in [0.1, 0.15) is 19.9 Å². The summed E-state index contributed by atoms with van der Waals surface area (Å²) in [5, 5.41) is 15.7. The summed E-state index contributed by atoms with van der Waals surface area (Å²) in [6.45, 7) is 2.67. The van der Waals surface area contributed by atoms with Gasteiger partial charge in [-0.2, -0.15) is 5.10 Å². The summed E-state index contributed by atoms with van der Waals surface area (Å²) >= 11 is 4.56. The van der Waals surface area contributed by atoms with E-state index < -0.39 is 41.2 Å². The average Bonchev–Trinajstić information content (AvgIpc) is 3.08. The third kappa shape index (κ3) is 3.78. The number of carbonyl (C=O) groups excluding carboxylic acids is 3. The van der Waals surface area contributed by atoms with Crippen molar-refractivity contribution in [2.24, 2.45) is 0 Å². The monoisotopic (exact) mass is 472 g/mol. The summed E-state index contributed by atoms with van der Waals surface area (Å²) in [5.41, 5.74) is 0.154. The van der Waals surface area contributed by atoms with Gasteiger partial charge in [0.2, 0.25) is 5.91 Å². The molecule has 150 valence electrons. The van der Waals surface area contributed by atoms with E-state index in [4.69, 9.17) is 4.74 Å². The van der Waals surface area contributed by atoms with E-state index in [0.29, 0.717) is 5.57 Å². The number of aromatic nitrogens is 2. The van der Waals surface area contributed by atoms with E-state index in [9.17, 15) is 24.3 Å². The number of hydrogen-bond donors (Lipinski definition) is 2. The fourth-order valence-corrected chi connectivity index (χ4v) is 4.53. The number of ether oxygens (including phenoxy) is 1. The smallest absolute Gasteiger partial charge is 0.352 e. The van der Waals surface area contributed by atoms with E-state index in [0.717, 1.165) is 9.37 Å². The third-order valence-electron chi connectivity index (χ3n) is 4.34. The average molecular weight is 473 g/mol. The summed E-state index contributed by atoms with van der Waals surface area (Å²) in [5.74, 6) is -2.46. The molecule has 2 amide bonds. The zero-order valence-corrected chi connectivity index (χ0v) is 17.3. The van der Waals surface area contributed by atoms with Crippen molar-refractivity contribution in [3.05, 3.63) is 28.1 Å². The molecule has 2 aliphatic heterocycles. The maximum atomic E-state index is 12.6. The van der Waals surface area contributed by atoms with Crippen molar-refractivity contribution in [1.29, 1.82) is 0 Å². The van der Waals surface area contributed by atoms with Gasteiger partial charge in [-0.1, -0.05) is 0 Å². The van der Waals surface area contributed by atoms with E-state index in [1.54, 1.807) is 19.3 Å². The molecule has 0 spiro atoms. The van der Waals surface area contributed by atoms with Gasteiger partial charge in [-0.25, -0.2) is 4.79 Å². The molecule has 2 N–H and O–H groups in total. The number of carboxylic acids is 1. The van der Waals surface area contributed by atoms with E-state index >= 15 is 0 Å². The maximum absolute atomic E-state index is 12.6. The van der Waals surface area contributed by atoms with Gasteiger partial charge in [-0.3, -0.25) is 24.0 Å². The van der Waals surface area contributed by atoms with Crippen molar-refractivity contribution in [3.8, 4) is 0 Å². The van der Waals surface area contributed by atoms with Crippen molar-refractivity contribution >= 4 is 51.4 Å². The second-order valence-corrected chi connectivity index (χ2v) is 8.27. The highest BCUT2D eigenvalue weighted by atomic mass is 79.9. The topological polar surface area (TPSA) is 131 Å². The van der Waals surface area contributed by atoms with Gasteiger partial charge >= 0.3 is 11.9 Å². The van der Waals surface area contributed by atoms with E-state index in [1.165, 1.54) is 23.4 Å². The van der Waals surface area contributed by atoms with Gasteiger partial charge < -0.3 is 15.2 Å². The number of aliphatic carboxylic acids is 1. The van der Waals surface area contributed by atoms with Gasteiger partial charge in [-0.05, 0) is 22.9 Å². The quantitative estimate of drug-likeness (QED) is 0.452. The molecule has 10 nitrogen and oxygen atoms in total. The van der Waals surface area contributed by atoms with E-state index in [1.807, 2.05) is 0 Å². The number of carboxylic acid groups (broad SMARTS) is 1. The second kappa shape index (κ2) is 7.95. The summed E-state index contributed by atoms with van der Waals surface area (Å²) in [6, 6.07) is -1.47. The van der Waals surface area contributed by atoms with Gasteiger partial charge in [0.05, 0.1) is 10.7 Å². The van der Waals surface area contributed by atoms with Gasteiger partial charge in [0.15, 0.2) is 0 Å². The van der Waals surface area contributed by atoms with Crippen molar-refractivity contribution in [1.82, 2.24) is 20.0 Å². The van der Waals surface area contributed by atoms with Gasteiger partial charge in [-0.15, -0.1) is 11.8 Å². The first-order valence-electron chi connectivity index (χ1n) is 8.24. The molecule has 1 fully saturated rings. The lowest BCUT2D eigenvalue weighted by atomic mass is 10.0. The predicted molar refractivity (Wildman–Crippen MR) is 101 cm³/mol. The van der Waals surface area contributed by atoms with Crippen LogP contribution < -0.4 is 5.32 Å². The molecule has 0 bridgehead atoms. The van der Waals surface area contributed by atoms with Crippen LogP contribution in [0.25, 0.3) is 0 Å². The Morgan fingerprint density at radius 1 is 1.50 bits per heavy atom. The van der Waals surface area contributed by atoms with Crippen LogP contribution in [0.3, 0.4) is 0 Å². The minimum Gasteiger partial charge on any atom is -0.477 e. The van der Waals surface area contributed by atoms with Crippen LogP contribution in [0.2, 0.25) is 0 Å². The summed E-state index contributed by atoms with van der Waals surface area (Å²) in [6.07, 6.45) is 3.19. The molecule has 3 heterocycles. The number of thioether (sulfide) groups is 1. The number of nitrogens with zero attached hydrogens (tertiary/aromatic N) is 3. The molecule has 28 heavy (non-hydrogen) atoms. The molecule has 3 atom stereocenters. The first-order valence-corrected chi connectivity index (χ1v) is 10.1. The molecule has 0 aliphatic carbocycles. The van der Waals surface area contributed by atoms with Gasteiger partial charge in [0.1, 0.15) is 29.8 Å². The number of hydrogen-bond acceptors (Lipinski definition) is 7. The number of rotatable bonds is 6. The molecule has 12 heteroatoms. The van der Waals surface area contributed by atoms with Crippen molar-refractivity contribution in [2.75, 3.05) is 12.4 Å². The minimum atomic E-state index is -1.28. The summed E-state index contributed by atoms with van der Waals surface area (Å²) < 4.78 is 7.06. The number of halogens is 1. The lowest BCUT2D eigenvalue weighted by Crippen LogP contribution is -2.71. The molecule has 1 saturated heterocycles. The number of amides is 2. The molecular formula is C16H17BrN4O6S. The maximum Gasteiger partial charge on any atom is 0.352 e. The SMILES string of the molecule is CC(=O)OCC1=C(C(=O)O)N2C(=O)C(NC(=O)C(C)n3cc(Br)cn3)C2SC1. The second-order valence-electron chi connectivity index (χ2n) is 6.25. The van der Waals surface area contributed by atoms with Crippen LogP contribution in [0, 0.1) is 0 Å². The Morgan fingerprint density at radius 3 is 2.79 bits per heavy atom. The van der Waals surface area contributed by atoms with Gasteiger partial charge in [0, 0.05) is 24.4 Å². The van der Waals surface area contributed by atoms with Crippen LogP contribution >= 0.6 is 27.7 Å². The fraction of sp³-hybridized carbons (Fsp3) is 0.438. The Labute approximate surface area is 172 Å². The normalized spacial score (nSPS) is 22.2.